The lowest BCUT2D eigenvalue weighted by molar-refractivity contribution is 0.0769. The Labute approximate surface area is 192 Å². The number of carbonyl (C=O) groups is 2. The van der Waals surface area contributed by atoms with Crippen molar-refractivity contribution in [3.63, 3.8) is 0 Å². The number of aromatic nitrogens is 2. The first-order valence-electron chi connectivity index (χ1n) is 10.4. The lowest BCUT2D eigenvalue weighted by Crippen LogP contribution is -2.28. The van der Waals surface area contributed by atoms with Crippen LogP contribution in [-0.2, 0) is 0 Å². The minimum Gasteiger partial charge on any atom is -0.453 e. The number of benzene rings is 1. The first-order valence-corrected chi connectivity index (χ1v) is 11.3. The first kappa shape index (κ1) is 21.4. The summed E-state index contributed by atoms with van der Waals surface area (Å²) < 4.78 is 23.3. The van der Waals surface area contributed by atoms with Crippen molar-refractivity contribution >= 4 is 44.4 Å². The molecular formula is C23H21FN4O4S. The molecule has 1 aliphatic rings. The second-order valence-electron chi connectivity index (χ2n) is 7.92. The van der Waals surface area contributed by atoms with Crippen LogP contribution in [0.15, 0.2) is 36.5 Å². The van der Waals surface area contributed by atoms with Crippen LogP contribution >= 0.6 is 11.3 Å². The molecule has 2 amide bonds. The van der Waals surface area contributed by atoms with Crippen molar-refractivity contribution in [1.82, 2.24) is 19.8 Å². The van der Waals surface area contributed by atoms with E-state index >= 15 is 4.39 Å². The monoisotopic (exact) mass is 468 g/mol. The number of hydrogen-bond acceptors (Lipinski definition) is 6. The number of aliphatic hydroxyl groups excluding tert-OH is 1. The van der Waals surface area contributed by atoms with Gasteiger partial charge in [-0.05, 0) is 37.6 Å². The zero-order valence-electron chi connectivity index (χ0n) is 18.0. The number of nitrogens with zero attached hydrogens (tertiary/aromatic N) is 3. The fourth-order valence-electron chi connectivity index (χ4n) is 4.12. The number of pyridine rings is 1. The predicted molar refractivity (Wildman–Crippen MR) is 123 cm³/mol. The summed E-state index contributed by atoms with van der Waals surface area (Å²) in [6, 6.07) is 7.67. The van der Waals surface area contributed by atoms with E-state index in [9.17, 15) is 14.7 Å². The molecule has 2 N–H and O–H groups in total. The number of hydrogen-bond donors (Lipinski definition) is 2. The molecule has 8 nitrogen and oxygen atoms in total. The minimum absolute atomic E-state index is 0.00741. The molecule has 10 heteroatoms. The van der Waals surface area contributed by atoms with Gasteiger partial charge in [0.2, 0.25) is 0 Å². The third kappa shape index (κ3) is 3.61. The Hall–Kier alpha value is -3.50. The number of fused-ring (bicyclic) bond motifs is 2. The van der Waals surface area contributed by atoms with Crippen LogP contribution in [0.5, 0.6) is 11.5 Å². The van der Waals surface area contributed by atoms with Gasteiger partial charge in [0.05, 0.1) is 26.7 Å². The van der Waals surface area contributed by atoms with Crippen molar-refractivity contribution in [2.75, 3.05) is 20.1 Å². The molecule has 1 unspecified atom stereocenters. The quantitative estimate of drug-likeness (QED) is 0.476. The number of rotatable bonds is 3. The smallest absolute Gasteiger partial charge is 0.325 e. The molecule has 4 aromatic rings. The van der Waals surface area contributed by atoms with E-state index in [1.54, 1.807) is 42.3 Å². The molecule has 0 bridgehead atoms. The molecule has 3 aromatic heterocycles. The van der Waals surface area contributed by atoms with Crippen LogP contribution in [-0.4, -0.2) is 57.7 Å². The number of amides is 2. The molecule has 0 spiro atoms. The highest BCUT2D eigenvalue weighted by Crippen LogP contribution is 2.38. The summed E-state index contributed by atoms with van der Waals surface area (Å²) in [7, 11) is 1.52. The highest BCUT2D eigenvalue weighted by Gasteiger charge is 2.27. The molecule has 1 fully saturated rings. The van der Waals surface area contributed by atoms with Crippen molar-refractivity contribution in [2.24, 2.45) is 0 Å². The van der Waals surface area contributed by atoms with Crippen molar-refractivity contribution in [2.45, 2.75) is 19.4 Å². The molecule has 0 saturated carbocycles. The van der Waals surface area contributed by atoms with Gasteiger partial charge >= 0.3 is 6.03 Å². The van der Waals surface area contributed by atoms with Gasteiger partial charge < -0.3 is 20.1 Å². The number of β-amino-alcohol motifs (C(OH)–C–C–N with tert-alkyl or cyclic N) is 1. The maximum absolute atomic E-state index is 15.3. The number of nitrogens with one attached hydrogen (secondary N) is 1. The van der Waals surface area contributed by atoms with Crippen molar-refractivity contribution in [3.05, 3.63) is 52.9 Å². The molecule has 0 radical (unpaired) electrons. The van der Waals surface area contributed by atoms with Gasteiger partial charge in [-0.2, -0.15) is 0 Å². The van der Waals surface area contributed by atoms with E-state index in [1.807, 2.05) is 0 Å². The van der Waals surface area contributed by atoms with E-state index in [1.165, 1.54) is 29.0 Å². The number of aryl methyl sites for hydroxylation is 1. The van der Waals surface area contributed by atoms with Gasteiger partial charge in [-0.1, -0.05) is 0 Å². The molecule has 4 heterocycles. The van der Waals surface area contributed by atoms with E-state index in [0.29, 0.717) is 51.6 Å². The number of carbonyl (C=O) groups excluding carboxylic acids is 2. The largest absolute Gasteiger partial charge is 0.453 e. The minimum atomic E-state index is -0.581. The van der Waals surface area contributed by atoms with Gasteiger partial charge in [0.1, 0.15) is 5.75 Å². The maximum Gasteiger partial charge on any atom is 0.325 e. The van der Waals surface area contributed by atoms with E-state index in [0.717, 1.165) is 0 Å². The Morgan fingerprint density at radius 2 is 2.09 bits per heavy atom. The Morgan fingerprint density at radius 1 is 1.27 bits per heavy atom. The summed E-state index contributed by atoms with van der Waals surface area (Å²) in [6.07, 6.45) is 1.60. The molecule has 1 aromatic carbocycles. The Bertz CT molecular complexity index is 1410. The highest BCUT2D eigenvalue weighted by molar-refractivity contribution is 7.21. The average molecular weight is 469 g/mol. The lowest BCUT2D eigenvalue weighted by Gasteiger charge is -2.13. The van der Waals surface area contributed by atoms with Gasteiger partial charge in [0, 0.05) is 43.5 Å². The van der Waals surface area contributed by atoms with Gasteiger partial charge in [-0.3, -0.25) is 14.3 Å². The van der Waals surface area contributed by atoms with Gasteiger partial charge in [-0.15, -0.1) is 11.3 Å². The summed E-state index contributed by atoms with van der Waals surface area (Å²) in [5.74, 6) is -0.361. The van der Waals surface area contributed by atoms with E-state index in [2.05, 4.69) is 10.3 Å². The normalized spacial score (nSPS) is 16.0. The summed E-state index contributed by atoms with van der Waals surface area (Å²) in [5, 5.41) is 12.5. The summed E-state index contributed by atoms with van der Waals surface area (Å²) in [5.41, 5.74) is 1.61. The van der Waals surface area contributed by atoms with Crippen LogP contribution in [0, 0.1) is 12.7 Å². The number of thiophene rings is 1. The van der Waals surface area contributed by atoms with E-state index < -0.39 is 11.9 Å². The molecule has 33 heavy (non-hydrogen) atoms. The number of aliphatic hydroxyl groups is 1. The molecule has 1 aliphatic heterocycles. The van der Waals surface area contributed by atoms with E-state index in [4.69, 9.17) is 4.74 Å². The maximum atomic E-state index is 15.3. The predicted octanol–water partition coefficient (Wildman–Crippen LogP) is 3.89. The van der Waals surface area contributed by atoms with Crippen LogP contribution in [0.25, 0.3) is 21.1 Å². The Morgan fingerprint density at radius 3 is 2.82 bits per heavy atom. The summed E-state index contributed by atoms with van der Waals surface area (Å²) in [6.45, 7) is 2.54. The average Bonchev–Trinajstić information content (AvgIpc) is 3.51. The van der Waals surface area contributed by atoms with E-state index in [-0.39, 0.29) is 23.1 Å². The summed E-state index contributed by atoms with van der Waals surface area (Å²) >= 11 is 1.22. The Balaban J connectivity index is 1.50. The standard InChI is InChI=1S/C23H21FN4O4S/c1-12-9-14-16(28(12)23(31)25-2)3-4-17(20(14)24)32-18-5-7-26-15-10-19(33-21(15)18)22(30)27-8-6-13(29)11-27/h3-5,7,9-10,13,29H,6,8,11H2,1-2H3,(H,25,31). The second kappa shape index (κ2) is 8.13. The lowest BCUT2D eigenvalue weighted by atomic mass is 10.2. The van der Waals surface area contributed by atoms with Crippen LogP contribution in [0.2, 0.25) is 0 Å². The fourth-order valence-corrected chi connectivity index (χ4v) is 5.15. The van der Waals surface area contributed by atoms with Crippen LogP contribution in [0.4, 0.5) is 9.18 Å². The fraction of sp³-hybridized carbons (Fsp3) is 0.261. The third-order valence-electron chi connectivity index (χ3n) is 5.74. The number of halogens is 1. The number of ether oxygens (including phenoxy) is 1. The summed E-state index contributed by atoms with van der Waals surface area (Å²) in [4.78, 5) is 31.4. The molecule has 0 aliphatic carbocycles. The van der Waals surface area contributed by atoms with Gasteiger partial charge in [0.25, 0.3) is 5.91 Å². The highest BCUT2D eigenvalue weighted by atomic mass is 32.1. The zero-order valence-corrected chi connectivity index (χ0v) is 18.8. The molecule has 170 valence electrons. The third-order valence-corrected chi connectivity index (χ3v) is 6.87. The van der Waals surface area contributed by atoms with Crippen LogP contribution < -0.4 is 10.1 Å². The Kier molecular flexibility index (Phi) is 5.26. The van der Waals surface area contributed by atoms with Crippen molar-refractivity contribution in [1.29, 1.82) is 0 Å². The van der Waals surface area contributed by atoms with Crippen molar-refractivity contribution < 1.29 is 23.8 Å². The number of likely N-dealkylation sites (tertiary alicyclic amines) is 1. The topological polar surface area (TPSA) is 96.7 Å². The molecule has 5 rings (SSSR count). The molecular weight excluding hydrogens is 447 g/mol. The van der Waals surface area contributed by atoms with Gasteiger partial charge in [-0.25, -0.2) is 9.18 Å². The first-order chi connectivity index (χ1) is 15.9. The zero-order chi connectivity index (χ0) is 23.3. The van der Waals surface area contributed by atoms with Crippen molar-refractivity contribution in [3.8, 4) is 11.5 Å². The van der Waals surface area contributed by atoms with Crippen LogP contribution in [0.1, 0.15) is 21.8 Å². The molecule has 1 saturated heterocycles. The second-order valence-corrected chi connectivity index (χ2v) is 8.97. The molecule has 1 atom stereocenters. The SMILES string of the molecule is CNC(=O)n1c(C)cc2c(F)c(Oc3ccnc4cc(C(=O)N5CCC(O)C5)sc34)ccc21. The van der Waals surface area contributed by atoms with Crippen LogP contribution in [0.3, 0.4) is 0 Å². The van der Waals surface area contributed by atoms with Gasteiger partial charge in [0.15, 0.2) is 11.6 Å².